The van der Waals surface area contributed by atoms with Gasteiger partial charge in [0.05, 0.1) is 0 Å². The van der Waals surface area contributed by atoms with Crippen molar-refractivity contribution in [3.05, 3.63) is 0 Å². The van der Waals surface area contributed by atoms with E-state index in [4.69, 9.17) is 5.73 Å². The molecule has 2 saturated carbocycles. The third-order valence-electron chi connectivity index (χ3n) is 5.49. The predicted octanol–water partition coefficient (Wildman–Crippen LogP) is 3.12. The van der Waals surface area contributed by atoms with Gasteiger partial charge in [0.25, 0.3) is 0 Å². The number of primary amides is 1. The van der Waals surface area contributed by atoms with E-state index in [1.165, 1.54) is 44.9 Å². The van der Waals surface area contributed by atoms with Crippen LogP contribution in [0, 0.1) is 5.41 Å². The lowest BCUT2D eigenvalue weighted by molar-refractivity contribution is -0.132. The van der Waals surface area contributed by atoms with E-state index in [0.717, 1.165) is 19.3 Å². The Hall–Kier alpha value is -0.570. The number of hydrogen-bond acceptors (Lipinski definition) is 2. The Bertz CT molecular complexity index is 319. The molecule has 1 amide bonds. The molecule has 0 aromatic heterocycles. The number of carbonyl (C=O) groups is 1. The highest BCUT2D eigenvalue weighted by Gasteiger charge is 2.51. The van der Waals surface area contributed by atoms with Crippen LogP contribution >= 0.6 is 0 Å². The second-order valence-electron chi connectivity index (χ2n) is 7.19. The van der Waals surface area contributed by atoms with Crippen LogP contribution in [-0.2, 0) is 4.79 Å². The molecule has 0 aliphatic heterocycles. The summed E-state index contributed by atoms with van der Waals surface area (Å²) in [7, 11) is 0. The van der Waals surface area contributed by atoms with Gasteiger partial charge in [-0.1, -0.05) is 52.4 Å². The van der Waals surface area contributed by atoms with Crippen LogP contribution in [0.2, 0.25) is 0 Å². The van der Waals surface area contributed by atoms with E-state index < -0.39 is 5.54 Å². The second-order valence-corrected chi connectivity index (χ2v) is 7.19. The molecule has 3 heteroatoms. The Morgan fingerprint density at radius 3 is 2.11 bits per heavy atom. The second kappa shape index (κ2) is 5.82. The van der Waals surface area contributed by atoms with E-state index in [-0.39, 0.29) is 11.3 Å². The van der Waals surface area contributed by atoms with E-state index in [0.29, 0.717) is 6.04 Å². The molecule has 1 atom stereocenters. The lowest BCUT2D eigenvalue weighted by Crippen LogP contribution is -2.67. The molecule has 110 valence electrons. The number of amides is 1. The normalized spacial score (nSPS) is 32.7. The maximum absolute atomic E-state index is 12.2. The highest BCUT2D eigenvalue weighted by molar-refractivity contribution is 5.86. The molecule has 2 aliphatic rings. The number of hydrogen-bond donors (Lipinski definition) is 2. The Morgan fingerprint density at radius 2 is 1.58 bits per heavy atom. The summed E-state index contributed by atoms with van der Waals surface area (Å²) in [5.41, 5.74) is 5.32. The minimum atomic E-state index is -0.486. The maximum Gasteiger partial charge on any atom is 0.238 e. The van der Waals surface area contributed by atoms with Gasteiger partial charge in [-0.2, -0.15) is 0 Å². The molecule has 2 aliphatic carbocycles. The van der Waals surface area contributed by atoms with Crippen LogP contribution in [0.15, 0.2) is 0 Å². The fraction of sp³-hybridized carbons (Fsp3) is 0.938. The molecule has 0 aromatic carbocycles. The van der Waals surface area contributed by atoms with Crippen molar-refractivity contribution in [3.63, 3.8) is 0 Å². The molecule has 3 nitrogen and oxygen atoms in total. The third-order valence-corrected chi connectivity index (χ3v) is 5.49. The summed E-state index contributed by atoms with van der Waals surface area (Å²) in [4.78, 5) is 12.2. The van der Waals surface area contributed by atoms with Gasteiger partial charge in [-0.15, -0.1) is 0 Å². The molecule has 0 radical (unpaired) electrons. The van der Waals surface area contributed by atoms with Gasteiger partial charge in [-0.25, -0.2) is 0 Å². The van der Waals surface area contributed by atoms with Gasteiger partial charge in [0.2, 0.25) is 5.91 Å². The van der Waals surface area contributed by atoms with Gasteiger partial charge < -0.3 is 11.1 Å². The molecule has 0 bridgehead atoms. The number of nitrogens with one attached hydrogen (secondary N) is 1. The van der Waals surface area contributed by atoms with Gasteiger partial charge in [0.15, 0.2) is 0 Å². The van der Waals surface area contributed by atoms with Crippen LogP contribution in [0.1, 0.15) is 78.1 Å². The van der Waals surface area contributed by atoms with Gasteiger partial charge in [-0.05, 0) is 31.1 Å². The summed E-state index contributed by atoms with van der Waals surface area (Å²) in [5.74, 6) is -0.138. The van der Waals surface area contributed by atoms with Crippen LogP contribution in [0.3, 0.4) is 0 Å². The topological polar surface area (TPSA) is 55.1 Å². The summed E-state index contributed by atoms with van der Waals surface area (Å²) >= 11 is 0. The van der Waals surface area contributed by atoms with Crippen molar-refractivity contribution < 1.29 is 4.79 Å². The number of rotatable bonds is 3. The summed E-state index contributed by atoms with van der Waals surface area (Å²) in [6.45, 7) is 4.42. The van der Waals surface area contributed by atoms with Crippen LogP contribution in [0.4, 0.5) is 0 Å². The summed E-state index contributed by atoms with van der Waals surface area (Å²) in [6, 6.07) is 0.479. The Balaban J connectivity index is 2.16. The zero-order valence-corrected chi connectivity index (χ0v) is 12.6. The molecule has 0 spiro atoms. The molecule has 0 heterocycles. The van der Waals surface area contributed by atoms with Crippen molar-refractivity contribution >= 4 is 5.91 Å². The molecular weight excluding hydrogens is 236 g/mol. The van der Waals surface area contributed by atoms with Crippen molar-refractivity contribution in [3.8, 4) is 0 Å². The Morgan fingerprint density at radius 1 is 1.00 bits per heavy atom. The predicted molar refractivity (Wildman–Crippen MR) is 78.8 cm³/mol. The zero-order valence-electron chi connectivity index (χ0n) is 12.6. The first-order chi connectivity index (χ1) is 8.98. The molecule has 0 aromatic rings. The first kappa shape index (κ1) is 14.8. The molecule has 1 unspecified atom stereocenters. The summed E-state index contributed by atoms with van der Waals surface area (Å²) < 4.78 is 0. The molecule has 2 fully saturated rings. The standard InChI is InChI=1S/C16H30N2O/c1-15(2)11-7-8-12-16(15,14(17)19)18-13-9-5-3-4-6-10-13/h13,18H,3-12H2,1-2H3,(H2,17,19). The molecule has 3 N–H and O–H groups in total. The van der Waals surface area contributed by atoms with Crippen molar-refractivity contribution in [1.82, 2.24) is 5.32 Å². The van der Waals surface area contributed by atoms with Gasteiger partial charge >= 0.3 is 0 Å². The van der Waals surface area contributed by atoms with E-state index in [1.54, 1.807) is 0 Å². The van der Waals surface area contributed by atoms with Crippen molar-refractivity contribution in [2.45, 2.75) is 89.6 Å². The molecule has 2 rings (SSSR count). The quantitative estimate of drug-likeness (QED) is 0.771. The van der Waals surface area contributed by atoms with E-state index in [1.807, 2.05) is 0 Å². The lowest BCUT2D eigenvalue weighted by Gasteiger charge is -2.50. The van der Waals surface area contributed by atoms with Gasteiger partial charge in [0, 0.05) is 6.04 Å². The van der Waals surface area contributed by atoms with Crippen LogP contribution in [-0.4, -0.2) is 17.5 Å². The highest BCUT2D eigenvalue weighted by Crippen LogP contribution is 2.44. The number of carbonyl (C=O) groups excluding carboxylic acids is 1. The van der Waals surface area contributed by atoms with Crippen molar-refractivity contribution in [2.24, 2.45) is 11.1 Å². The van der Waals surface area contributed by atoms with Gasteiger partial charge in [0.1, 0.15) is 5.54 Å². The fourth-order valence-electron chi connectivity index (χ4n) is 4.08. The number of nitrogens with two attached hydrogens (primary N) is 1. The smallest absolute Gasteiger partial charge is 0.238 e. The molecule has 19 heavy (non-hydrogen) atoms. The van der Waals surface area contributed by atoms with E-state index in [2.05, 4.69) is 19.2 Å². The third kappa shape index (κ3) is 2.96. The summed E-state index contributed by atoms with van der Waals surface area (Å²) in [5, 5.41) is 3.73. The fourth-order valence-corrected chi connectivity index (χ4v) is 4.08. The molecular formula is C16H30N2O. The Labute approximate surface area is 117 Å². The highest BCUT2D eigenvalue weighted by atomic mass is 16.1. The van der Waals surface area contributed by atoms with E-state index >= 15 is 0 Å². The lowest BCUT2D eigenvalue weighted by atomic mass is 9.62. The largest absolute Gasteiger partial charge is 0.368 e. The van der Waals surface area contributed by atoms with Crippen molar-refractivity contribution in [1.29, 1.82) is 0 Å². The van der Waals surface area contributed by atoms with Crippen molar-refractivity contribution in [2.75, 3.05) is 0 Å². The van der Waals surface area contributed by atoms with Crippen LogP contribution in [0.25, 0.3) is 0 Å². The molecule has 0 saturated heterocycles. The first-order valence-electron chi connectivity index (χ1n) is 8.06. The average molecular weight is 266 g/mol. The van der Waals surface area contributed by atoms with Gasteiger partial charge in [-0.3, -0.25) is 4.79 Å². The average Bonchev–Trinajstić information content (AvgIpc) is 2.60. The van der Waals surface area contributed by atoms with E-state index in [9.17, 15) is 4.79 Å². The summed E-state index contributed by atoms with van der Waals surface area (Å²) in [6.07, 6.45) is 12.0. The maximum atomic E-state index is 12.2. The monoisotopic (exact) mass is 266 g/mol. The first-order valence-corrected chi connectivity index (χ1v) is 8.06. The van der Waals surface area contributed by atoms with Crippen LogP contribution < -0.4 is 11.1 Å². The zero-order chi connectivity index (χ0) is 13.9. The van der Waals surface area contributed by atoms with Crippen LogP contribution in [0.5, 0.6) is 0 Å². The minimum Gasteiger partial charge on any atom is -0.368 e. The Kier molecular flexibility index (Phi) is 4.54. The minimum absolute atomic E-state index is 0.0244. The SMILES string of the molecule is CC1(C)CCCCC1(NC1CCCCCC1)C(N)=O.